The van der Waals surface area contributed by atoms with Crippen molar-refractivity contribution in [2.24, 2.45) is 0 Å². The highest BCUT2D eigenvalue weighted by Gasteiger charge is 2.33. The number of para-hydroxylation sites is 1. The van der Waals surface area contributed by atoms with Crippen molar-refractivity contribution in [3.8, 4) is 5.75 Å². The molecule has 1 atom stereocenters. The van der Waals surface area contributed by atoms with Crippen LogP contribution in [0.4, 0.5) is 4.79 Å². The molecule has 27 heavy (non-hydrogen) atoms. The number of benzene rings is 2. The van der Waals surface area contributed by atoms with Gasteiger partial charge in [0.2, 0.25) is 0 Å². The number of amides is 2. The van der Waals surface area contributed by atoms with Gasteiger partial charge < -0.3 is 20.1 Å². The molecule has 1 aliphatic rings. The number of halogens is 1. The van der Waals surface area contributed by atoms with E-state index in [0.717, 1.165) is 10.0 Å². The quantitative estimate of drug-likeness (QED) is 0.706. The molecule has 0 radical (unpaired) electrons. The monoisotopic (exact) mass is 430 g/mol. The van der Waals surface area contributed by atoms with E-state index in [9.17, 15) is 9.59 Å². The van der Waals surface area contributed by atoms with Crippen LogP contribution in [0.15, 0.2) is 64.3 Å². The molecule has 0 aromatic heterocycles. The molecule has 0 saturated carbocycles. The fraction of sp³-hybridized carbons (Fsp3) is 0.200. The number of urea groups is 1. The molecule has 0 fully saturated rings. The molecule has 3 rings (SSSR count). The van der Waals surface area contributed by atoms with Crippen LogP contribution < -0.4 is 15.4 Å². The Morgan fingerprint density at radius 1 is 1.15 bits per heavy atom. The van der Waals surface area contributed by atoms with Crippen molar-refractivity contribution in [2.45, 2.75) is 19.6 Å². The van der Waals surface area contributed by atoms with Crippen LogP contribution in [-0.4, -0.2) is 19.1 Å². The lowest BCUT2D eigenvalue weighted by atomic mass is 9.95. The summed E-state index contributed by atoms with van der Waals surface area (Å²) >= 11 is 3.41. The number of hydrogen-bond acceptors (Lipinski definition) is 4. The number of methoxy groups -OCH3 is 1. The minimum absolute atomic E-state index is 0.344. The Morgan fingerprint density at radius 2 is 1.85 bits per heavy atom. The Morgan fingerprint density at radius 3 is 2.56 bits per heavy atom. The molecule has 1 heterocycles. The summed E-state index contributed by atoms with van der Waals surface area (Å²) in [5, 5.41) is 5.39. The molecule has 2 aromatic carbocycles. The van der Waals surface area contributed by atoms with Gasteiger partial charge in [0.15, 0.2) is 0 Å². The van der Waals surface area contributed by atoms with Crippen molar-refractivity contribution in [1.82, 2.24) is 10.6 Å². The molecule has 1 unspecified atom stereocenters. The zero-order valence-electron chi connectivity index (χ0n) is 14.9. The molecule has 7 heteroatoms. The lowest BCUT2D eigenvalue weighted by Gasteiger charge is -2.29. The summed E-state index contributed by atoms with van der Waals surface area (Å²) < 4.78 is 11.9. The molecule has 0 saturated heterocycles. The molecular formula is C20H19BrN2O4. The Labute approximate surface area is 165 Å². The van der Waals surface area contributed by atoms with Crippen LogP contribution in [0.2, 0.25) is 0 Å². The summed E-state index contributed by atoms with van der Waals surface area (Å²) in [6, 6.07) is 14.1. The average molecular weight is 431 g/mol. The molecule has 2 amide bonds. The van der Waals surface area contributed by atoms with Gasteiger partial charge in [0.25, 0.3) is 0 Å². The van der Waals surface area contributed by atoms with E-state index in [4.69, 9.17) is 9.47 Å². The molecule has 2 N–H and O–H groups in total. The van der Waals surface area contributed by atoms with Crippen molar-refractivity contribution in [2.75, 3.05) is 7.11 Å². The fourth-order valence-corrected chi connectivity index (χ4v) is 3.16. The van der Waals surface area contributed by atoms with Gasteiger partial charge in [-0.2, -0.15) is 0 Å². The summed E-state index contributed by atoms with van der Waals surface area (Å²) in [5.74, 6) is 0.0783. The lowest BCUT2D eigenvalue weighted by molar-refractivity contribution is -0.136. The van der Waals surface area contributed by atoms with Gasteiger partial charge in [-0.1, -0.05) is 46.3 Å². The van der Waals surface area contributed by atoms with Crippen molar-refractivity contribution < 1.29 is 19.1 Å². The standard InChI is InChI=1S/C20H19BrN2O4/c1-12-17(19(24)26-2)18(23-20(25)22-12)15-5-3-4-6-16(15)27-11-13-7-9-14(21)10-8-13/h3-10,18H,11H2,1-2H3,(H2,22,23,25). The zero-order chi connectivity index (χ0) is 19.4. The third kappa shape index (κ3) is 4.31. The summed E-state index contributed by atoms with van der Waals surface area (Å²) in [6.07, 6.45) is 0. The molecule has 0 aliphatic carbocycles. The number of rotatable bonds is 5. The average Bonchev–Trinajstić information content (AvgIpc) is 2.66. The first kappa shape index (κ1) is 19.0. The van der Waals surface area contributed by atoms with Crippen molar-refractivity contribution in [1.29, 1.82) is 0 Å². The van der Waals surface area contributed by atoms with Crippen LogP contribution in [0.5, 0.6) is 5.75 Å². The second kappa shape index (κ2) is 8.26. The predicted octanol–water partition coefficient (Wildman–Crippen LogP) is 3.83. The fourth-order valence-electron chi connectivity index (χ4n) is 2.90. The lowest BCUT2D eigenvalue weighted by Crippen LogP contribution is -2.45. The van der Waals surface area contributed by atoms with E-state index in [0.29, 0.717) is 29.2 Å². The molecule has 0 bridgehead atoms. The van der Waals surface area contributed by atoms with Crippen LogP contribution in [0.25, 0.3) is 0 Å². The minimum Gasteiger partial charge on any atom is -0.489 e. The van der Waals surface area contributed by atoms with Crippen molar-refractivity contribution in [3.05, 3.63) is 75.4 Å². The third-order valence-electron chi connectivity index (χ3n) is 4.21. The summed E-state index contributed by atoms with van der Waals surface area (Å²) in [7, 11) is 1.31. The van der Waals surface area contributed by atoms with E-state index in [1.165, 1.54) is 7.11 Å². The molecule has 1 aliphatic heterocycles. The number of allylic oxidation sites excluding steroid dienone is 1. The van der Waals surface area contributed by atoms with E-state index in [1.807, 2.05) is 48.5 Å². The smallest absolute Gasteiger partial charge is 0.337 e. The van der Waals surface area contributed by atoms with E-state index in [1.54, 1.807) is 6.92 Å². The van der Waals surface area contributed by atoms with Crippen LogP contribution >= 0.6 is 15.9 Å². The third-order valence-corrected chi connectivity index (χ3v) is 4.74. The maximum Gasteiger partial charge on any atom is 0.337 e. The second-order valence-electron chi connectivity index (χ2n) is 6.01. The van der Waals surface area contributed by atoms with Gasteiger partial charge in [0, 0.05) is 15.7 Å². The van der Waals surface area contributed by atoms with E-state index in [2.05, 4.69) is 26.6 Å². The maximum atomic E-state index is 12.3. The molecule has 0 spiro atoms. The van der Waals surface area contributed by atoms with Gasteiger partial charge in [0.1, 0.15) is 12.4 Å². The van der Waals surface area contributed by atoms with E-state index in [-0.39, 0.29) is 6.03 Å². The molecule has 2 aromatic rings. The normalized spacial score (nSPS) is 16.4. The van der Waals surface area contributed by atoms with Crippen LogP contribution in [0, 0.1) is 0 Å². The topological polar surface area (TPSA) is 76.7 Å². The number of hydrogen-bond donors (Lipinski definition) is 2. The highest BCUT2D eigenvalue weighted by Crippen LogP contribution is 2.33. The Balaban J connectivity index is 1.91. The minimum atomic E-state index is -0.660. The van der Waals surface area contributed by atoms with Gasteiger partial charge in [-0.15, -0.1) is 0 Å². The largest absolute Gasteiger partial charge is 0.489 e. The Hall–Kier alpha value is -2.80. The summed E-state index contributed by atoms with van der Waals surface area (Å²) in [6.45, 7) is 2.03. The first-order valence-corrected chi connectivity index (χ1v) is 9.11. The van der Waals surface area contributed by atoms with Gasteiger partial charge in [-0.3, -0.25) is 0 Å². The number of nitrogens with one attached hydrogen (secondary N) is 2. The highest BCUT2D eigenvalue weighted by molar-refractivity contribution is 9.10. The summed E-state index contributed by atoms with van der Waals surface area (Å²) in [4.78, 5) is 24.3. The molecule has 6 nitrogen and oxygen atoms in total. The first-order valence-electron chi connectivity index (χ1n) is 8.32. The van der Waals surface area contributed by atoms with Crippen molar-refractivity contribution in [3.63, 3.8) is 0 Å². The Kier molecular flexibility index (Phi) is 5.81. The number of ether oxygens (including phenoxy) is 2. The highest BCUT2D eigenvalue weighted by atomic mass is 79.9. The SMILES string of the molecule is COC(=O)C1=C(C)NC(=O)NC1c1ccccc1OCc1ccc(Br)cc1. The first-order chi connectivity index (χ1) is 13.0. The van der Waals surface area contributed by atoms with E-state index >= 15 is 0 Å². The van der Waals surface area contributed by atoms with Crippen LogP contribution in [0.1, 0.15) is 24.1 Å². The van der Waals surface area contributed by atoms with Crippen LogP contribution in [-0.2, 0) is 16.1 Å². The van der Waals surface area contributed by atoms with Gasteiger partial charge in [-0.05, 0) is 30.7 Å². The van der Waals surface area contributed by atoms with Gasteiger partial charge in [0.05, 0.1) is 18.7 Å². The zero-order valence-corrected chi connectivity index (χ0v) is 16.5. The Bertz CT molecular complexity index is 893. The van der Waals surface area contributed by atoms with E-state index < -0.39 is 12.0 Å². The molecular weight excluding hydrogens is 412 g/mol. The van der Waals surface area contributed by atoms with Gasteiger partial charge >= 0.3 is 12.0 Å². The second-order valence-corrected chi connectivity index (χ2v) is 6.93. The molecule has 140 valence electrons. The predicted molar refractivity (Wildman–Crippen MR) is 104 cm³/mol. The number of carbonyl (C=O) groups excluding carboxylic acids is 2. The summed E-state index contributed by atoms with van der Waals surface area (Å²) in [5.41, 5.74) is 2.49. The van der Waals surface area contributed by atoms with Crippen molar-refractivity contribution >= 4 is 27.9 Å². The van der Waals surface area contributed by atoms with Crippen LogP contribution in [0.3, 0.4) is 0 Å². The van der Waals surface area contributed by atoms with Gasteiger partial charge in [-0.25, -0.2) is 9.59 Å². The number of esters is 1. The maximum absolute atomic E-state index is 12.3. The number of carbonyl (C=O) groups is 2.